The Balaban J connectivity index is 1.80. The molecule has 112 valence electrons. The molecule has 1 amide bonds. The van der Waals surface area contributed by atoms with Gasteiger partial charge in [-0.1, -0.05) is 0 Å². The first-order chi connectivity index (χ1) is 10.1. The molecule has 2 atom stereocenters. The lowest BCUT2D eigenvalue weighted by atomic mass is 10.0. The summed E-state index contributed by atoms with van der Waals surface area (Å²) in [6, 6.07) is 1.80. The SMILES string of the molecule is Cc1ccsc1C(=O)N1CC[C@H](O)[C@@H]1Cc1cnn(C)c1. The van der Waals surface area contributed by atoms with Crippen molar-refractivity contribution in [1.82, 2.24) is 14.7 Å². The van der Waals surface area contributed by atoms with Crippen LogP contribution in [0.15, 0.2) is 23.8 Å². The summed E-state index contributed by atoms with van der Waals surface area (Å²) >= 11 is 1.47. The summed E-state index contributed by atoms with van der Waals surface area (Å²) in [6.45, 7) is 2.56. The molecule has 2 aromatic rings. The molecule has 6 heteroatoms. The molecule has 0 aromatic carbocycles. The lowest BCUT2D eigenvalue weighted by Crippen LogP contribution is -2.41. The molecule has 0 bridgehead atoms. The first kappa shape index (κ1) is 14.3. The standard InChI is InChI=1S/C15H19N3O2S/c1-10-4-6-21-14(10)15(20)18-5-3-13(19)12(18)7-11-8-16-17(2)9-11/h4,6,8-9,12-13,19H,3,5,7H2,1-2H3/t12-,13-/m0/s1. The van der Waals surface area contributed by atoms with Gasteiger partial charge in [0.15, 0.2) is 0 Å². The van der Waals surface area contributed by atoms with Gasteiger partial charge in [0, 0.05) is 19.8 Å². The monoisotopic (exact) mass is 305 g/mol. The number of hydrogen-bond acceptors (Lipinski definition) is 4. The molecule has 0 unspecified atom stereocenters. The fourth-order valence-electron chi connectivity index (χ4n) is 2.88. The number of thiophene rings is 1. The number of aromatic nitrogens is 2. The molecule has 3 rings (SSSR count). The largest absolute Gasteiger partial charge is 0.391 e. The van der Waals surface area contributed by atoms with Crippen molar-refractivity contribution < 1.29 is 9.90 Å². The van der Waals surface area contributed by atoms with Gasteiger partial charge in [-0.05, 0) is 42.3 Å². The van der Waals surface area contributed by atoms with Gasteiger partial charge in [0.05, 0.1) is 23.2 Å². The average Bonchev–Trinajstić information content (AvgIpc) is 3.13. The van der Waals surface area contributed by atoms with Crippen molar-refractivity contribution in [2.45, 2.75) is 31.9 Å². The molecule has 1 fully saturated rings. The summed E-state index contributed by atoms with van der Waals surface area (Å²) in [5.41, 5.74) is 2.05. The summed E-state index contributed by atoms with van der Waals surface area (Å²) in [5, 5.41) is 16.3. The highest BCUT2D eigenvalue weighted by atomic mass is 32.1. The van der Waals surface area contributed by atoms with E-state index in [1.807, 2.05) is 36.5 Å². The minimum atomic E-state index is -0.463. The number of hydrogen-bond donors (Lipinski definition) is 1. The van der Waals surface area contributed by atoms with E-state index in [9.17, 15) is 9.90 Å². The Kier molecular flexibility index (Phi) is 3.82. The molecular formula is C15H19N3O2S. The third-order valence-electron chi connectivity index (χ3n) is 4.03. The molecule has 1 N–H and O–H groups in total. The predicted octanol–water partition coefficient (Wildman–Crippen LogP) is 1.61. The third-order valence-corrected chi connectivity index (χ3v) is 5.04. The highest BCUT2D eigenvalue weighted by molar-refractivity contribution is 7.12. The Morgan fingerprint density at radius 1 is 1.57 bits per heavy atom. The summed E-state index contributed by atoms with van der Waals surface area (Å²) in [6.07, 6.45) is 4.55. The van der Waals surface area contributed by atoms with Gasteiger partial charge in [0.25, 0.3) is 5.91 Å². The molecule has 1 saturated heterocycles. The molecule has 21 heavy (non-hydrogen) atoms. The smallest absolute Gasteiger partial charge is 0.264 e. The zero-order valence-corrected chi connectivity index (χ0v) is 13.0. The number of carbonyl (C=O) groups is 1. The number of nitrogens with zero attached hydrogens (tertiary/aromatic N) is 3. The molecule has 0 spiro atoms. The van der Waals surface area contributed by atoms with Gasteiger partial charge < -0.3 is 10.0 Å². The fraction of sp³-hybridized carbons (Fsp3) is 0.467. The fourth-order valence-corrected chi connectivity index (χ4v) is 3.76. The molecule has 0 saturated carbocycles. The van der Waals surface area contributed by atoms with E-state index in [1.165, 1.54) is 11.3 Å². The van der Waals surface area contributed by atoms with Gasteiger partial charge in [-0.25, -0.2) is 0 Å². The van der Waals surface area contributed by atoms with Crippen LogP contribution in [-0.2, 0) is 13.5 Å². The van der Waals surface area contributed by atoms with Crippen LogP contribution in [0.2, 0.25) is 0 Å². The minimum Gasteiger partial charge on any atom is -0.391 e. The van der Waals surface area contributed by atoms with Crippen LogP contribution in [0.1, 0.15) is 27.2 Å². The topological polar surface area (TPSA) is 58.4 Å². The molecule has 0 aliphatic carbocycles. The Morgan fingerprint density at radius 2 is 2.38 bits per heavy atom. The van der Waals surface area contributed by atoms with Crippen LogP contribution in [0.25, 0.3) is 0 Å². The number of amides is 1. The maximum absolute atomic E-state index is 12.7. The lowest BCUT2D eigenvalue weighted by Gasteiger charge is -2.26. The molecule has 3 heterocycles. The van der Waals surface area contributed by atoms with Crippen LogP contribution < -0.4 is 0 Å². The van der Waals surface area contributed by atoms with Crippen molar-refractivity contribution in [2.75, 3.05) is 6.54 Å². The highest BCUT2D eigenvalue weighted by Gasteiger charge is 2.37. The molecular weight excluding hydrogens is 286 g/mol. The average molecular weight is 305 g/mol. The van der Waals surface area contributed by atoms with Gasteiger partial charge in [0.1, 0.15) is 0 Å². The Bertz CT molecular complexity index is 649. The van der Waals surface area contributed by atoms with E-state index in [-0.39, 0.29) is 11.9 Å². The van der Waals surface area contributed by atoms with Gasteiger partial charge in [-0.3, -0.25) is 9.48 Å². The maximum Gasteiger partial charge on any atom is 0.264 e. The number of aliphatic hydroxyl groups is 1. The first-order valence-corrected chi connectivity index (χ1v) is 7.95. The van der Waals surface area contributed by atoms with Crippen LogP contribution in [0, 0.1) is 6.92 Å². The summed E-state index contributed by atoms with van der Waals surface area (Å²) < 4.78 is 1.74. The van der Waals surface area contributed by atoms with Crippen molar-refractivity contribution >= 4 is 17.2 Å². The first-order valence-electron chi connectivity index (χ1n) is 7.07. The van der Waals surface area contributed by atoms with Gasteiger partial charge >= 0.3 is 0 Å². The summed E-state index contributed by atoms with van der Waals surface area (Å²) in [5.74, 6) is 0.0351. The minimum absolute atomic E-state index is 0.0351. The van der Waals surface area contributed by atoms with E-state index in [1.54, 1.807) is 10.9 Å². The van der Waals surface area contributed by atoms with E-state index in [0.717, 1.165) is 16.0 Å². The predicted molar refractivity (Wildman–Crippen MR) is 81.4 cm³/mol. The number of rotatable bonds is 3. The maximum atomic E-state index is 12.7. The van der Waals surface area contributed by atoms with Crippen molar-refractivity contribution in [3.63, 3.8) is 0 Å². The number of aliphatic hydroxyl groups excluding tert-OH is 1. The quantitative estimate of drug-likeness (QED) is 0.937. The second-order valence-electron chi connectivity index (χ2n) is 5.58. The van der Waals surface area contributed by atoms with E-state index in [4.69, 9.17) is 0 Å². The number of likely N-dealkylation sites (tertiary alicyclic amines) is 1. The van der Waals surface area contributed by atoms with Crippen molar-refractivity contribution in [3.8, 4) is 0 Å². The van der Waals surface area contributed by atoms with Crippen LogP contribution in [0.5, 0.6) is 0 Å². The van der Waals surface area contributed by atoms with Crippen LogP contribution >= 0.6 is 11.3 Å². The van der Waals surface area contributed by atoms with Crippen molar-refractivity contribution in [1.29, 1.82) is 0 Å². The van der Waals surface area contributed by atoms with E-state index >= 15 is 0 Å². The molecule has 5 nitrogen and oxygen atoms in total. The lowest BCUT2D eigenvalue weighted by molar-refractivity contribution is 0.0644. The molecule has 2 aromatic heterocycles. The van der Waals surface area contributed by atoms with Gasteiger partial charge in [-0.2, -0.15) is 5.10 Å². The summed E-state index contributed by atoms with van der Waals surface area (Å²) in [7, 11) is 1.87. The van der Waals surface area contributed by atoms with Crippen LogP contribution in [-0.4, -0.2) is 44.4 Å². The molecule has 0 radical (unpaired) electrons. The normalized spacial score (nSPS) is 22.0. The Hall–Kier alpha value is -1.66. The Morgan fingerprint density at radius 3 is 3.00 bits per heavy atom. The van der Waals surface area contributed by atoms with Crippen LogP contribution in [0.4, 0.5) is 0 Å². The Labute approximate surface area is 127 Å². The van der Waals surface area contributed by atoms with E-state index in [0.29, 0.717) is 19.4 Å². The second-order valence-corrected chi connectivity index (χ2v) is 6.50. The number of aryl methyl sites for hydroxylation is 2. The van der Waals surface area contributed by atoms with Gasteiger partial charge in [0.2, 0.25) is 0 Å². The zero-order valence-electron chi connectivity index (χ0n) is 12.2. The second kappa shape index (κ2) is 5.61. The van der Waals surface area contributed by atoms with Crippen LogP contribution in [0.3, 0.4) is 0 Å². The number of carbonyl (C=O) groups excluding carboxylic acids is 1. The highest BCUT2D eigenvalue weighted by Crippen LogP contribution is 2.26. The van der Waals surface area contributed by atoms with Gasteiger partial charge in [-0.15, -0.1) is 11.3 Å². The van der Waals surface area contributed by atoms with Crippen molar-refractivity contribution in [3.05, 3.63) is 39.8 Å². The van der Waals surface area contributed by atoms with E-state index < -0.39 is 6.10 Å². The molecule has 1 aliphatic heterocycles. The third kappa shape index (κ3) is 2.73. The summed E-state index contributed by atoms with van der Waals surface area (Å²) in [4.78, 5) is 15.3. The van der Waals surface area contributed by atoms with Crippen molar-refractivity contribution in [2.24, 2.45) is 7.05 Å². The zero-order chi connectivity index (χ0) is 15.0. The molecule has 1 aliphatic rings. The van der Waals surface area contributed by atoms with E-state index in [2.05, 4.69) is 5.10 Å².